The van der Waals surface area contributed by atoms with Gasteiger partial charge in [0.05, 0.1) is 16.7 Å². The first kappa shape index (κ1) is 20.5. The number of piperidine rings is 1. The predicted octanol–water partition coefficient (Wildman–Crippen LogP) is 4.54. The molecule has 0 atom stereocenters. The van der Waals surface area contributed by atoms with Gasteiger partial charge in [0, 0.05) is 56.2 Å². The molecule has 1 aliphatic heterocycles. The van der Waals surface area contributed by atoms with Crippen LogP contribution in [0.25, 0.3) is 10.9 Å². The molecular weight excluding hydrogens is 376 g/mol. The Hall–Kier alpha value is -1.82. The molecule has 29 heavy (non-hydrogen) atoms. The minimum Gasteiger partial charge on any atom is -0.371 e. The monoisotopic (exact) mass is 410 g/mol. The molecule has 0 amide bonds. The number of fused-ring (bicyclic) bond motifs is 1. The number of anilines is 1. The molecule has 0 aliphatic carbocycles. The van der Waals surface area contributed by atoms with Crippen molar-refractivity contribution in [1.29, 1.82) is 0 Å². The van der Waals surface area contributed by atoms with Crippen LogP contribution in [0.15, 0.2) is 41.8 Å². The number of aromatic nitrogens is 1. The van der Waals surface area contributed by atoms with Crippen molar-refractivity contribution in [3.8, 4) is 0 Å². The first-order valence-corrected chi connectivity index (χ1v) is 11.5. The van der Waals surface area contributed by atoms with Gasteiger partial charge in [0.25, 0.3) is 0 Å². The van der Waals surface area contributed by atoms with E-state index in [1.807, 2.05) is 11.3 Å². The highest BCUT2D eigenvalue weighted by Crippen LogP contribution is 2.39. The van der Waals surface area contributed by atoms with Gasteiger partial charge < -0.3 is 14.4 Å². The van der Waals surface area contributed by atoms with E-state index in [9.17, 15) is 0 Å². The SMILES string of the molecule is Cc1c(N(C)CCN2CCC(c3cccs3)(N(C)C)CC2)c2ccccc2n1C. The zero-order valence-corrected chi connectivity index (χ0v) is 19.3. The molecule has 1 aromatic carbocycles. The van der Waals surface area contributed by atoms with Crippen LogP contribution >= 0.6 is 11.3 Å². The van der Waals surface area contributed by atoms with E-state index in [4.69, 9.17) is 0 Å². The van der Waals surface area contributed by atoms with Gasteiger partial charge in [-0.25, -0.2) is 0 Å². The van der Waals surface area contributed by atoms with Gasteiger partial charge >= 0.3 is 0 Å². The molecule has 0 N–H and O–H groups in total. The fourth-order valence-corrected chi connectivity index (χ4v) is 6.06. The van der Waals surface area contributed by atoms with Crippen LogP contribution in [0.2, 0.25) is 0 Å². The summed E-state index contributed by atoms with van der Waals surface area (Å²) in [7, 11) is 8.90. The predicted molar refractivity (Wildman–Crippen MR) is 126 cm³/mol. The van der Waals surface area contributed by atoms with Gasteiger partial charge in [-0.15, -0.1) is 11.3 Å². The Kier molecular flexibility index (Phi) is 5.74. The van der Waals surface area contributed by atoms with Crippen LogP contribution in [0, 0.1) is 6.92 Å². The molecule has 3 heterocycles. The summed E-state index contributed by atoms with van der Waals surface area (Å²) in [6.45, 7) is 6.74. The van der Waals surface area contributed by atoms with Gasteiger partial charge in [-0.1, -0.05) is 24.3 Å². The number of likely N-dealkylation sites (N-methyl/N-ethyl adjacent to an activating group) is 1. The summed E-state index contributed by atoms with van der Waals surface area (Å²) >= 11 is 1.91. The summed E-state index contributed by atoms with van der Waals surface area (Å²) in [5.41, 5.74) is 4.25. The van der Waals surface area contributed by atoms with Crippen LogP contribution in [0.1, 0.15) is 23.4 Å². The van der Waals surface area contributed by atoms with E-state index in [2.05, 4.69) is 96.2 Å². The van der Waals surface area contributed by atoms with Gasteiger partial charge in [0.1, 0.15) is 0 Å². The van der Waals surface area contributed by atoms with Gasteiger partial charge in [0.2, 0.25) is 0 Å². The minimum absolute atomic E-state index is 0.211. The molecule has 0 unspecified atom stereocenters. The summed E-state index contributed by atoms with van der Waals surface area (Å²) in [6.07, 6.45) is 2.41. The molecular formula is C24H34N4S. The third-order valence-corrected chi connectivity index (χ3v) is 8.08. The van der Waals surface area contributed by atoms with Crippen molar-refractivity contribution < 1.29 is 0 Å². The topological polar surface area (TPSA) is 14.7 Å². The lowest BCUT2D eigenvalue weighted by atomic mass is 9.84. The molecule has 2 aromatic heterocycles. The lowest BCUT2D eigenvalue weighted by molar-refractivity contribution is 0.0580. The van der Waals surface area contributed by atoms with Crippen molar-refractivity contribution >= 4 is 27.9 Å². The molecule has 4 rings (SSSR count). The Labute approximate surface area is 179 Å². The Bertz CT molecular complexity index is 949. The number of nitrogens with zero attached hydrogens (tertiary/aromatic N) is 4. The molecule has 0 bridgehead atoms. The largest absolute Gasteiger partial charge is 0.371 e. The maximum absolute atomic E-state index is 2.65. The van der Waals surface area contributed by atoms with E-state index in [-0.39, 0.29) is 5.54 Å². The number of hydrogen-bond donors (Lipinski definition) is 0. The molecule has 156 valence electrons. The molecule has 0 saturated carbocycles. The molecule has 1 aliphatic rings. The van der Waals surface area contributed by atoms with Gasteiger partial charge in [-0.3, -0.25) is 4.90 Å². The lowest BCUT2D eigenvalue weighted by Gasteiger charge is -2.46. The highest BCUT2D eigenvalue weighted by Gasteiger charge is 2.38. The Morgan fingerprint density at radius 1 is 1.03 bits per heavy atom. The summed E-state index contributed by atoms with van der Waals surface area (Å²) in [4.78, 5) is 9.06. The average Bonchev–Trinajstić information content (AvgIpc) is 3.35. The molecule has 5 heteroatoms. The molecule has 4 nitrogen and oxygen atoms in total. The van der Waals surface area contributed by atoms with Crippen LogP contribution in [0.4, 0.5) is 5.69 Å². The zero-order valence-electron chi connectivity index (χ0n) is 18.5. The van der Waals surface area contributed by atoms with E-state index in [0.29, 0.717) is 0 Å². The van der Waals surface area contributed by atoms with E-state index < -0.39 is 0 Å². The standard InChI is InChI=1S/C24H34N4S/c1-19-23(20-9-6-7-10-21(20)27(19)5)26(4)16-17-28-14-12-24(13-15-28,25(2)3)22-11-8-18-29-22/h6-11,18H,12-17H2,1-5H3. The second kappa shape index (κ2) is 8.13. The number of aryl methyl sites for hydroxylation is 1. The summed E-state index contributed by atoms with van der Waals surface area (Å²) in [5.74, 6) is 0. The third-order valence-electron chi connectivity index (χ3n) is 7.02. The second-order valence-corrected chi connectivity index (χ2v) is 9.62. The van der Waals surface area contributed by atoms with Gasteiger partial charge in [-0.05, 0) is 51.4 Å². The zero-order chi connectivity index (χ0) is 20.6. The van der Waals surface area contributed by atoms with E-state index in [0.717, 1.165) is 13.1 Å². The van der Waals surface area contributed by atoms with Crippen molar-refractivity contribution in [2.24, 2.45) is 7.05 Å². The van der Waals surface area contributed by atoms with Crippen LogP contribution in [0.5, 0.6) is 0 Å². The molecule has 1 saturated heterocycles. The number of hydrogen-bond acceptors (Lipinski definition) is 4. The van der Waals surface area contributed by atoms with Crippen molar-refractivity contribution in [1.82, 2.24) is 14.4 Å². The molecule has 0 spiro atoms. The molecule has 3 aromatic rings. The van der Waals surface area contributed by atoms with Crippen LogP contribution in [-0.4, -0.2) is 61.7 Å². The van der Waals surface area contributed by atoms with Crippen molar-refractivity contribution in [2.45, 2.75) is 25.3 Å². The number of thiophene rings is 1. The Morgan fingerprint density at radius 3 is 2.41 bits per heavy atom. The van der Waals surface area contributed by atoms with Gasteiger partial charge in [-0.2, -0.15) is 0 Å². The second-order valence-electron chi connectivity index (χ2n) is 8.68. The number of benzene rings is 1. The minimum atomic E-state index is 0.211. The number of rotatable bonds is 6. The Morgan fingerprint density at radius 2 is 1.76 bits per heavy atom. The van der Waals surface area contributed by atoms with E-state index >= 15 is 0 Å². The smallest absolute Gasteiger partial charge is 0.0654 e. The molecule has 0 radical (unpaired) electrons. The first-order valence-electron chi connectivity index (χ1n) is 10.6. The quantitative estimate of drug-likeness (QED) is 0.593. The van der Waals surface area contributed by atoms with Crippen LogP contribution < -0.4 is 4.90 Å². The van der Waals surface area contributed by atoms with E-state index in [1.165, 1.54) is 53.1 Å². The van der Waals surface area contributed by atoms with E-state index in [1.54, 1.807) is 0 Å². The van der Waals surface area contributed by atoms with Crippen LogP contribution in [0.3, 0.4) is 0 Å². The highest BCUT2D eigenvalue weighted by molar-refractivity contribution is 7.10. The number of para-hydroxylation sites is 1. The lowest BCUT2D eigenvalue weighted by Crippen LogP contribution is -2.51. The summed E-state index contributed by atoms with van der Waals surface area (Å²) < 4.78 is 2.31. The normalized spacial score (nSPS) is 17.3. The summed E-state index contributed by atoms with van der Waals surface area (Å²) in [6, 6.07) is 13.3. The maximum Gasteiger partial charge on any atom is 0.0654 e. The van der Waals surface area contributed by atoms with Gasteiger partial charge in [0.15, 0.2) is 0 Å². The number of likely N-dealkylation sites (tertiary alicyclic amines) is 1. The van der Waals surface area contributed by atoms with Crippen molar-refractivity contribution in [3.05, 3.63) is 52.3 Å². The average molecular weight is 411 g/mol. The first-order chi connectivity index (χ1) is 13.9. The van der Waals surface area contributed by atoms with Crippen molar-refractivity contribution in [3.63, 3.8) is 0 Å². The fraction of sp³-hybridized carbons (Fsp3) is 0.500. The fourth-order valence-electron chi connectivity index (χ4n) is 4.99. The molecule has 1 fully saturated rings. The third kappa shape index (κ3) is 3.60. The Balaban J connectivity index is 1.42. The highest BCUT2D eigenvalue weighted by atomic mass is 32.1. The van der Waals surface area contributed by atoms with Crippen LogP contribution in [-0.2, 0) is 12.6 Å². The maximum atomic E-state index is 2.65. The van der Waals surface area contributed by atoms with Crippen molar-refractivity contribution in [2.75, 3.05) is 52.2 Å². The summed E-state index contributed by atoms with van der Waals surface area (Å²) in [5, 5.41) is 3.58.